The van der Waals surface area contributed by atoms with Crippen molar-refractivity contribution >= 4 is 28.4 Å². The molecule has 112 valence electrons. The molecule has 1 aliphatic heterocycles. The summed E-state index contributed by atoms with van der Waals surface area (Å²) in [6, 6.07) is 10.1. The van der Waals surface area contributed by atoms with Crippen LogP contribution in [-0.2, 0) is 6.54 Å². The van der Waals surface area contributed by atoms with Gasteiger partial charge in [-0.25, -0.2) is 0 Å². The Morgan fingerprint density at radius 2 is 2.10 bits per heavy atom. The van der Waals surface area contributed by atoms with Gasteiger partial charge in [0.25, 0.3) is 0 Å². The van der Waals surface area contributed by atoms with Crippen molar-refractivity contribution in [1.82, 2.24) is 9.88 Å². The first-order valence-corrected chi connectivity index (χ1v) is 8.52. The third-order valence-electron chi connectivity index (χ3n) is 4.12. The van der Waals surface area contributed by atoms with Crippen molar-refractivity contribution in [3.05, 3.63) is 36.0 Å². The molecule has 0 unspecified atom stereocenters. The number of para-hydroxylation sites is 1. The molecule has 0 amide bonds. The average Bonchev–Trinajstić information content (AvgIpc) is 2.60. The lowest BCUT2D eigenvalue weighted by atomic mass is 10.1. The van der Waals surface area contributed by atoms with Crippen molar-refractivity contribution in [2.45, 2.75) is 31.6 Å². The standard InChI is InChI=1S/C17H23N3S/c1-17(2)7-8-20(9-10-21-17)12-13-11-15(18)14-5-3-4-6-16(14)19-13/h3-6,11H,7-10,12H2,1-2H3,(H2,18,19). The van der Waals surface area contributed by atoms with Gasteiger partial charge >= 0.3 is 0 Å². The summed E-state index contributed by atoms with van der Waals surface area (Å²) in [4.78, 5) is 7.27. The summed E-state index contributed by atoms with van der Waals surface area (Å²) in [5.74, 6) is 1.19. The molecule has 0 aliphatic carbocycles. The van der Waals surface area contributed by atoms with Gasteiger partial charge in [-0.1, -0.05) is 32.0 Å². The van der Waals surface area contributed by atoms with E-state index in [2.05, 4.69) is 30.5 Å². The second-order valence-corrected chi connectivity index (χ2v) is 8.16. The fraction of sp³-hybridized carbons (Fsp3) is 0.471. The minimum atomic E-state index is 0.393. The lowest BCUT2D eigenvalue weighted by molar-refractivity contribution is 0.273. The monoisotopic (exact) mass is 301 g/mol. The molecule has 0 atom stereocenters. The van der Waals surface area contributed by atoms with Crippen LogP contribution in [0.25, 0.3) is 10.9 Å². The topological polar surface area (TPSA) is 42.1 Å². The van der Waals surface area contributed by atoms with E-state index in [4.69, 9.17) is 10.7 Å². The predicted molar refractivity (Wildman–Crippen MR) is 92.6 cm³/mol. The van der Waals surface area contributed by atoms with Crippen molar-refractivity contribution < 1.29 is 0 Å². The number of aromatic nitrogens is 1. The zero-order valence-corrected chi connectivity index (χ0v) is 13.6. The molecule has 2 heterocycles. The lowest BCUT2D eigenvalue weighted by Gasteiger charge is -2.22. The summed E-state index contributed by atoms with van der Waals surface area (Å²) in [6.07, 6.45) is 1.22. The number of nitrogens with zero attached hydrogens (tertiary/aromatic N) is 2. The molecule has 1 saturated heterocycles. The van der Waals surface area contributed by atoms with Crippen LogP contribution >= 0.6 is 11.8 Å². The van der Waals surface area contributed by atoms with E-state index >= 15 is 0 Å². The first-order valence-electron chi connectivity index (χ1n) is 7.54. The Kier molecular flexibility index (Phi) is 4.09. The maximum atomic E-state index is 6.17. The molecule has 3 rings (SSSR count). The normalized spacial score (nSPS) is 19.5. The molecule has 2 aromatic rings. The zero-order chi connectivity index (χ0) is 14.9. The van der Waals surface area contributed by atoms with Gasteiger partial charge in [-0.3, -0.25) is 9.88 Å². The molecule has 1 aromatic carbocycles. The van der Waals surface area contributed by atoms with Crippen LogP contribution in [0.4, 0.5) is 5.69 Å². The second-order valence-electron chi connectivity index (χ2n) is 6.35. The highest BCUT2D eigenvalue weighted by atomic mass is 32.2. The van der Waals surface area contributed by atoms with Gasteiger partial charge in [0.2, 0.25) is 0 Å². The number of rotatable bonds is 2. The number of fused-ring (bicyclic) bond motifs is 1. The molecule has 21 heavy (non-hydrogen) atoms. The Labute approximate surface area is 130 Å². The van der Waals surface area contributed by atoms with Crippen molar-refractivity contribution in [1.29, 1.82) is 0 Å². The molecule has 0 spiro atoms. The van der Waals surface area contributed by atoms with Gasteiger partial charge in [0, 0.05) is 34.7 Å². The summed E-state index contributed by atoms with van der Waals surface area (Å²) in [7, 11) is 0. The number of nitrogens with two attached hydrogens (primary N) is 1. The van der Waals surface area contributed by atoms with Crippen LogP contribution in [0.5, 0.6) is 0 Å². The molecule has 0 radical (unpaired) electrons. The van der Waals surface area contributed by atoms with E-state index in [0.717, 1.165) is 41.9 Å². The number of hydrogen-bond acceptors (Lipinski definition) is 4. The molecular weight excluding hydrogens is 278 g/mol. The molecule has 0 bridgehead atoms. The highest BCUT2D eigenvalue weighted by Crippen LogP contribution is 2.31. The minimum absolute atomic E-state index is 0.393. The summed E-state index contributed by atoms with van der Waals surface area (Å²) in [5, 5.41) is 1.05. The van der Waals surface area contributed by atoms with Crippen LogP contribution < -0.4 is 5.73 Å². The van der Waals surface area contributed by atoms with E-state index < -0.39 is 0 Å². The van der Waals surface area contributed by atoms with Gasteiger partial charge in [0.1, 0.15) is 0 Å². The van der Waals surface area contributed by atoms with Crippen LogP contribution in [-0.4, -0.2) is 33.5 Å². The number of benzene rings is 1. The third kappa shape index (κ3) is 3.50. The lowest BCUT2D eigenvalue weighted by Crippen LogP contribution is -2.27. The van der Waals surface area contributed by atoms with Crippen molar-refractivity contribution in [2.75, 3.05) is 24.6 Å². The van der Waals surface area contributed by atoms with Crippen LogP contribution in [0.2, 0.25) is 0 Å². The van der Waals surface area contributed by atoms with E-state index in [9.17, 15) is 0 Å². The largest absolute Gasteiger partial charge is 0.398 e. The van der Waals surface area contributed by atoms with E-state index in [1.54, 1.807) is 0 Å². The van der Waals surface area contributed by atoms with Crippen molar-refractivity contribution in [2.24, 2.45) is 0 Å². The number of thioether (sulfide) groups is 1. The molecular formula is C17H23N3S. The minimum Gasteiger partial charge on any atom is -0.398 e. The highest BCUT2D eigenvalue weighted by molar-refractivity contribution is 8.00. The smallest absolute Gasteiger partial charge is 0.0726 e. The van der Waals surface area contributed by atoms with Crippen LogP contribution in [0.3, 0.4) is 0 Å². The van der Waals surface area contributed by atoms with E-state index in [-0.39, 0.29) is 0 Å². The number of anilines is 1. The molecule has 4 heteroatoms. The third-order valence-corrected chi connectivity index (χ3v) is 5.49. The maximum Gasteiger partial charge on any atom is 0.0726 e. The average molecular weight is 301 g/mol. The Balaban J connectivity index is 1.78. The zero-order valence-electron chi connectivity index (χ0n) is 12.8. The van der Waals surface area contributed by atoms with Gasteiger partial charge in [-0.2, -0.15) is 11.8 Å². The van der Waals surface area contributed by atoms with Gasteiger partial charge in [-0.05, 0) is 25.1 Å². The molecule has 2 N–H and O–H groups in total. The molecule has 1 aliphatic rings. The van der Waals surface area contributed by atoms with Gasteiger partial charge in [-0.15, -0.1) is 0 Å². The van der Waals surface area contributed by atoms with E-state index in [0.29, 0.717) is 4.75 Å². The maximum absolute atomic E-state index is 6.17. The Hall–Kier alpha value is -1.26. The number of nitrogen functional groups attached to an aromatic ring is 1. The highest BCUT2D eigenvalue weighted by Gasteiger charge is 2.23. The SMILES string of the molecule is CC1(C)CCN(Cc2cc(N)c3ccccc3n2)CCS1. The summed E-state index contributed by atoms with van der Waals surface area (Å²) < 4.78 is 0.393. The predicted octanol–water partition coefficient (Wildman–Crippen LogP) is 3.53. The Morgan fingerprint density at radius 3 is 2.95 bits per heavy atom. The van der Waals surface area contributed by atoms with Crippen LogP contribution in [0, 0.1) is 0 Å². The van der Waals surface area contributed by atoms with Gasteiger partial charge in [0.15, 0.2) is 0 Å². The molecule has 3 nitrogen and oxygen atoms in total. The number of pyridine rings is 1. The molecule has 1 fully saturated rings. The summed E-state index contributed by atoms with van der Waals surface area (Å²) in [6.45, 7) is 7.84. The van der Waals surface area contributed by atoms with E-state index in [1.165, 1.54) is 12.2 Å². The summed E-state index contributed by atoms with van der Waals surface area (Å²) in [5.41, 5.74) is 9.08. The summed E-state index contributed by atoms with van der Waals surface area (Å²) >= 11 is 2.07. The molecule has 1 aromatic heterocycles. The van der Waals surface area contributed by atoms with Gasteiger partial charge in [0.05, 0.1) is 11.2 Å². The second kappa shape index (κ2) is 5.85. The first-order chi connectivity index (χ1) is 10.0. The van der Waals surface area contributed by atoms with E-state index in [1.807, 2.05) is 30.3 Å². The van der Waals surface area contributed by atoms with Crippen LogP contribution in [0.1, 0.15) is 26.0 Å². The van der Waals surface area contributed by atoms with Gasteiger partial charge < -0.3 is 5.73 Å². The molecule has 0 saturated carbocycles. The Bertz CT molecular complexity index is 639. The first kappa shape index (κ1) is 14.7. The fourth-order valence-electron chi connectivity index (χ4n) is 2.79. The fourth-order valence-corrected chi connectivity index (χ4v) is 3.93. The number of hydrogen-bond donors (Lipinski definition) is 1. The van der Waals surface area contributed by atoms with Crippen LogP contribution in [0.15, 0.2) is 30.3 Å². The Morgan fingerprint density at radius 1 is 1.29 bits per heavy atom. The van der Waals surface area contributed by atoms with Crippen molar-refractivity contribution in [3.8, 4) is 0 Å². The van der Waals surface area contributed by atoms with Crippen molar-refractivity contribution in [3.63, 3.8) is 0 Å². The quantitative estimate of drug-likeness (QED) is 0.921.